The van der Waals surface area contributed by atoms with Crippen molar-refractivity contribution in [3.63, 3.8) is 0 Å². The molecule has 0 spiro atoms. The van der Waals surface area contributed by atoms with Gasteiger partial charge in [-0.3, -0.25) is 4.79 Å². The van der Waals surface area contributed by atoms with E-state index in [1.807, 2.05) is 11.0 Å². The van der Waals surface area contributed by atoms with E-state index in [2.05, 4.69) is 20.0 Å². The van der Waals surface area contributed by atoms with Gasteiger partial charge < -0.3 is 14.3 Å². The highest BCUT2D eigenvalue weighted by atomic mass is 16.5. The maximum atomic E-state index is 12.5. The van der Waals surface area contributed by atoms with E-state index in [4.69, 9.17) is 4.52 Å². The van der Waals surface area contributed by atoms with E-state index in [9.17, 15) is 4.79 Å². The summed E-state index contributed by atoms with van der Waals surface area (Å²) in [7, 11) is 0. The Balaban J connectivity index is 1.42. The number of carbonyl (C=O) groups excluding carboxylic acids is 1. The van der Waals surface area contributed by atoms with Crippen LogP contribution < -0.4 is 4.90 Å². The van der Waals surface area contributed by atoms with Crippen LogP contribution in [0.4, 0.5) is 5.82 Å². The molecule has 1 saturated heterocycles. The molecule has 0 unspecified atom stereocenters. The first-order chi connectivity index (χ1) is 11.7. The molecule has 126 valence electrons. The van der Waals surface area contributed by atoms with Gasteiger partial charge in [-0.25, -0.2) is 9.97 Å². The molecule has 2 aliphatic rings. The lowest BCUT2D eigenvalue weighted by Crippen LogP contribution is -2.48. The lowest BCUT2D eigenvalue weighted by Gasteiger charge is -2.39. The molecule has 1 saturated carbocycles. The third kappa shape index (κ3) is 2.98. The van der Waals surface area contributed by atoms with Crippen molar-refractivity contribution in [3.05, 3.63) is 36.1 Å². The minimum atomic E-state index is -0.0368. The molecular weight excluding hydrogens is 306 g/mol. The Morgan fingerprint density at radius 1 is 1.25 bits per heavy atom. The van der Waals surface area contributed by atoms with E-state index in [1.165, 1.54) is 12.8 Å². The average molecular weight is 327 g/mol. The number of anilines is 1. The van der Waals surface area contributed by atoms with Crippen LogP contribution in [0.5, 0.6) is 0 Å². The lowest BCUT2D eigenvalue weighted by atomic mass is 10.0. The fourth-order valence-electron chi connectivity index (χ4n) is 3.44. The first-order valence-corrected chi connectivity index (χ1v) is 8.49. The topological polar surface area (TPSA) is 75.4 Å². The van der Waals surface area contributed by atoms with Gasteiger partial charge in [-0.1, -0.05) is 5.16 Å². The number of piperidine rings is 1. The van der Waals surface area contributed by atoms with Crippen molar-refractivity contribution in [2.45, 2.75) is 44.7 Å². The molecule has 2 aromatic heterocycles. The van der Waals surface area contributed by atoms with E-state index in [0.29, 0.717) is 23.5 Å². The molecular formula is C17H21N5O2. The summed E-state index contributed by atoms with van der Waals surface area (Å²) < 4.78 is 5.01. The largest absolute Gasteiger partial charge is 0.361 e. The number of amides is 1. The zero-order valence-corrected chi connectivity index (χ0v) is 13.8. The van der Waals surface area contributed by atoms with Gasteiger partial charge in [0.05, 0.1) is 0 Å². The van der Waals surface area contributed by atoms with Crippen LogP contribution in [-0.4, -0.2) is 51.1 Å². The smallest absolute Gasteiger partial charge is 0.276 e. The van der Waals surface area contributed by atoms with Crippen LogP contribution in [0, 0.1) is 6.92 Å². The minimum absolute atomic E-state index is 0.0368. The Labute approximate surface area is 140 Å². The summed E-state index contributed by atoms with van der Waals surface area (Å²) in [5, 5.41) is 3.84. The van der Waals surface area contributed by atoms with Crippen molar-refractivity contribution in [2.75, 3.05) is 18.0 Å². The van der Waals surface area contributed by atoms with Gasteiger partial charge in [0.1, 0.15) is 17.9 Å². The van der Waals surface area contributed by atoms with E-state index in [-0.39, 0.29) is 5.91 Å². The number of aromatic nitrogens is 3. The predicted molar refractivity (Wildman–Crippen MR) is 87.7 cm³/mol. The first-order valence-electron chi connectivity index (χ1n) is 8.49. The maximum Gasteiger partial charge on any atom is 0.276 e. The maximum absolute atomic E-state index is 12.5. The Morgan fingerprint density at radius 3 is 2.58 bits per heavy atom. The second-order valence-corrected chi connectivity index (χ2v) is 6.55. The van der Waals surface area contributed by atoms with Crippen LogP contribution in [0.15, 0.2) is 29.2 Å². The summed E-state index contributed by atoms with van der Waals surface area (Å²) in [6.45, 7) is 3.28. The summed E-state index contributed by atoms with van der Waals surface area (Å²) >= 11 is 0. The molecule has 4 rings (SSSR count). The van der Waals surface area contributed by atoms with Crippen LogP contribution in [0.25, 0.3) is 0 Å². The molecule has 0 N–H and O–H groups in total. The number of hydrogen-bond donors (Lipinski definition) is 0. The summed E-state index contributed by atoms with van der Waals surface area (Å²) in [4.78, 5) is 25.2. The van der Waals surface area contributed by atoms with Crippen LogP contribution >= 0.6 is 0 Å². The van der Waals surface area contributed by atoms with Crippen molar-refractivity contribution in [1.29, 1.82) is 0 Å². The molecule has 1 aliphatic carbocycles. The molecule has 0 radical (unpaired) electrons. The monoisotopic (exact) mass is 327 g/mol. The van der Waals surface area contributed by atoms with Crippen LogP contribution in [0.3, 0.4) is 0 Å². The Morgan fingerprint density at radius 2 is 2.00 bits per heavy atom. The quantitative estimate of drug-likeness (QED) is 0.855. The van der Waals surface area contributed by atoms with Gasteiger partial charge in [0.2, 0.25) is 0 Å². The summed E-state index contributed by atoms with van der Waals surface area (Å²) in [5.74, 6) is 1.63. The zero-order chi connectivity index (χ0) is 16.5. The molecule has 7 heteroatoms. The predicted octanol–water partition coefficient (Wildman–Crippen LogP) is 2.05. The van der Waals surface area contributed by atoms with E-state index in [0.717, 1.165) is 31.7 Å². The summed E-state index contributed by atoms with van der Waals surface area (Å²) in [5.41, 5.74) is 0.404. The van der Waals surface area contributed by atoms with Gasteiger partial charge in [0.25, 0.3) is 5.91 Å². The Kier molecular flexibility index (Phi) is 3.92. The van der Waals surface area contributed by atoms with E-state index < -0.39 is 0 Å². The second kappa shape index (κ2) is 6.22. The number of likely N-dealkylation sites (tertiary alicyclic amines) is 1. The van der Waals surface area contributed by atoms with Crippen LogP contribution in [0.1, 0.15) is 41.9 Å². The van der Waals surface area contributed by atoms with Crippen molar-refractivity contribution in [1.82, 2.24) is 20.0 Å². The van der Waals surface area contributed by atoms with Gasteiger partial charge in [0.15, 0.2) is 5.69 Å². The molecule has 1 aliphatic heterocycles. The van der Waals surface area contributed by atoms with Crippen LogP contribution in [0.2, 0.25) is 0 Å². The molecule has 0 aromatic carbocycles. The van der Waals surface area contributed by atoms with Crippen molar-refractivity contribution in [2.24, 2.45) is 0 Å². The standard InChI is InChI=1S/C17H21N5O2/c1-12-10-15(20-24-12)17(23)21-8-5-14(6-9-21)22(13-2-3-13)16-4-7-18-11-19-16/h4,7,10-11,13-14H,2-3,5-6,8-9H2,1H3. The fourth-order valence-corrected chi connectivity index (χ4v) is 3.44. The number of rotatable bonds is 4. The minimum Gasteiger partial charge on any atom is -0.361 e. The first kappa shape index (κ1) is 15.1. The second-order valence-electron chi connectivity index (χ2n) is 6.55. The van der Waals surface area contributed by atoms with Gasteiger partial charge in [-0.15, -0.1) is 0 Å². The summed E-state index contributed by atoms with van der Waals surface area (Å²) in [6.07, 6.45) is 7.74. The molecule has 24 heavy (non-hydrogen) atoms. The van der Waals surface area contributed by atoms with Crippen molar-refractivity contribution < 1.29 is 9.32 Å². The van der Waals surface area contributed by atoms with E-state index >= 15 is 0 Å². The van der Waals surface area contributed by atoms with Gasteiger partial charge in [-0.2, -0.15) is 0 Å². The third-order valence-electron chi connectivity index (χ3n) is 4.76. The Bertz CT molecular complexity index is 705. The molecule has 2 fully saturated rings. The number of nitrogens with zero attached hydrogens (tertiary/aromatic N) is 5. The van der Waals surface area contributed by atoms with Gasteiger partial charge in [-0.05, 0) is 38.7 Å². The molecule has 0 atom stereocenters. The van der Waals surface area contributed by atoms with Crippen LogP contribution in [-0.2, 0) is 0 Å². The Hall–Kier alpha value is -2.44. The molecule has 3 heterocycles. The van der Waals surface area contributed by atoms with Gasteiger partial charge in [0, 0.05) is 37.4 Å². The fraction of sp³-hybridized carbons (Fsp3) is 0.529. The lowest BCUT2D eigenvalue weighted by molar-refractivity contribution is 0.0701. The molecule has 1 amide bonds. The SMILES string of the molecule is Cc1cc(C(=O)N2CCC(N(c3ccncn3)C3CC3)CC2)no1. The number of hydrogen-bond acceptors (Lipinski definition) is 6. The number of carbonyl (C=O) groups is 1. The molecule has 2 aromatic rings. The number of aryl methyl sites for hydroxylation is 1. The zero-order valence-electron chi connectivity index (χ0n) is 13.8. The highest BCUT2D eigenvalue weighted by Gasteiger charge is 2.37. The molecule has 7 nitrogen and oxygen atoms in total. The molecule has 0 bridgehead atoms. The van der Waals surface area contributed by atoms with Gasteiger partial charge >= 0.3 is 0 Å². The van der Waals surface area contributed by atoms with E-state index in [1.54, 1.807) is 25.5 Å². The van der Waals surface area contributed by atoms with Crippen molar-refractivity contribution >= 4 is 11.7 Å². The summed E-state index contributed by atoms with van der Waals surface area (Å²) in [6, 6.07) is 4.70. The highest BCUT2D eigenvalue weighted by molar-refractivity contribution is 5.92. The highest BCUT2D eigenvalue weighted by Crippen LogP contribution is 2.35. The normalized spacial score (nSPS) is 18.6. The average Bonchev–Trinajstić information content (AvgIpc) is 3.36. The third-order valence-corrected chi connectivity index (χ3v) is 4.76. The van der Waals surface area contributed by atoms with Crippen molar-refractivity contribution in [3.8, 4) is 0 Å².